The van der Waals surface area contributed by atoms with Gasteiger partial charge in [0, 0.05) is 37.3 Å². The van der Waals surface area contributed by atoms with Crippen molar-refractivity contribution in [3.63, 3.8) is 0 Å². The number of sulfonamides is 1. The molecular weight excluding hydrogens is 366 g/mol. The summed E-state index contributed by atoms with van der Waals surface area (Å²) >= 11 is 0. The first-order chi connectivity index (χ1) is 13.0. The quantitative estimate of drug-likeness (QED) is 0.667. The summed E-state index contributed by atoms with van der Waals surface area (Å²) < 4.78 is 34.4. The van der Waals surface area contributed by atoms with E-state index in [9.17, 15) is 8.42 Å². The molecule has 0 amide bonds. The number of hydrogen-bond donors (Lipinski definition) is 0. The summed E-state index contributed by atoms with van der Waals surface area (Å²) in [6, 6.07) is 9.52. The second-order valence-electron chi connectivity index (χ2n) is 6.58. The number of imidazole rings is 1. The molecule has 2 aromatic heterocycles. The number of aromatic nitrogens is 4. The van der Waals surface area contributed by atoms with E-state index in [4.69, 9.17) is 4.52 Å². The summed E-state index contributed by atoms with van der Waals surface area (Å²) in [5.74, 6) is 1.60. The molecule has 1 fully saturated rings. The Bertz CT molecular complexity index is 1040. The summed E-state index contributed by atoms with van der Waals surface area (Å²) in [5, 5.41) is 4.17. The Morgan fingerprint density at radius 3 is 2.70 bits per heavy atom. The molecule has 0 radical (unpaired) electrons. The Morgan fingerprint density at radius 1 is 1.22 bits per heavy atom. The third kappa shape index (κ3) is 3.28. The molecule has 1 saturated heterocycles. The van der Waals surface area contributed by atoms with E-state index in [0.717, 1.165) is 5.56 Å². The maximum Gasteiger partial charge on any atom is 0.262 e. The van der Waals surface area contributed by atoms with Gasteiger partial charge in [0.15, 0.2) is 10.9 Å². The standard InChI is InChI=1S/C18H21N5O3S/c1-3-22-12-16(19-13(22)2)27(24,25)23-10-9-15(11-23)17-20-18(26-21-17)14-7-5-4-6-8-14/h4-8,12,15H,3,9-11H2,1-2H3/t15-/m1/s1. The van der Waals surface area contributed by atoms with E-state index >= 15 is 0 Å². The van der Waals surface area contributed by atoms with Crippen molar-refractivity contribution in [3.05, 3.63) is 48.2 Å². The van der Waals surface area contributed by atoms with E-state index in [2.05, 4.69) is 15.1 Å². The van der Waals surface area contributed by atoms with Crippen molar-refractivity contribution in [2.24, 2.45) is 0 Å². The minimum atomic E-state index is -3.62. The lowest BCUT2D eigenvalue weighted by Gasteiger charge is -2.13. The first-order valence-corrected chi connectivity index (χ1v) is 10.4. The van der Waals surface area contributed by atoms with Crippen LogP contribution in [0, 0.1) is 6.92 Å². The van der Waals surface area contributed by atoms with E-state index in [1.54, 1.807) is 13.1 Å². The first-order valence-electron chi connectivity index (χ1n) is 8.92. The average Bonchev–Trinajstić information content (AvgIpc) is 3.41. The highest BCUT2D eigenvalue weighted by Crippen LogP contribution is 2.30. The van der Waals surface area contributed by atoms with E-state index in [-0.39, 0.29) is 10.9 Å². The van der Waals surface area contributed by atoms with Gasteiger partial charge in [-0.1, -0.05) is 23.4 Å². The highest BCUT2D eigenvalue weighted by molar-refractivity contribution is 7.89. The molecule has 0 aliphatic carbocycles. The third-order valence-electron chi connectivity index (χ3n) is 4.88. The maximum absolute atomic E-state index is 12.9. The molecule has 1 aliphatic heterocycles. The van der Waals surface area contributed by atoms with Crippen molar-refractivity contribution in [2.75, 3.05) is 13.1 Å². The zero-order valence-corrected chi connectivity index (χ0v) is 16.1. The summed E-state index contributed by atoms with van der Waals surface area (Å²) in [7, 11) is -3.62. The van der Waals surface area contributed by atoms with Crippen LogP contribution in [0.25, 0.3) is 11.5 Å². The summed E-state index contributed by atoms with van der Waals surface area (Å²) in [4.78, 5) is 8.69. The molecule has 0 spiro atoms. The Kier molecular flexibility index (Phi) is 4.56. The zero-order valence-electron chi connectivity index (χ0n) is 15.2. The SMILES string of the molecule is CCn1cc(S(=O)(=O)N2CC[C@@H](c3noc(-c4ccccc4)n3)C2)nc1C. The van der Waals surface area contributed by atoms with Gasteiger partial charge in [0.25, 0.3) is 15.9 Å². The van der Waals surface area contributed by atoms with Crippen LogP contribution in [0.3, 0.4) is 0 Å². The fourth-order valence-electron chi connectivity index (χ4n) is 3.31. The number of nitrogens with zero attached hydrogens (tertiary/aromatic N) is 5. The van der Waals surface area contributed by atoms with Gasteiger partial charge in [0.2, 0.25) is 0 Å². The van der Waals surface area contributed by atoms with Crippen molar-refractivity contribution in [2.45, 2.75) is 37.8 Å². The van der Waals surface area contributed by atoms with Crippen molar-refractivity contribution in [3.8, 4) is 11.5 Å². The molecule has 9 heteroatoms. The van der Waals surface area contributed by atoms with Crippen LogP contribution in [0.4, 0.5) is 0 Å². The van der Waals surface area contributed by atoms with Crippen LogP contribution in [0.1, 0.15) is 30.9 Å². The molecule has 0 N–H and O–H groups in total. The van der Waals surface area contributed by atoms with Crippen LogP contribution in [0.5, 0.6) is 0 Å². The maximum atomic E-state index is 12.9. The molecule has 142 valence electrons. The Morgan fingerprint density at radius 2 is 2.00 bits per heavy atom. The van der Waals surface area contributed by atoms with Gasteiger partial charge in [-0.15, -0.1) is 0 Å². The molecule has 1 aliphatic rings. The van der Waals surface area contributed by atoms with Crippen molar-refractivity contribution >= 4 is 10.0 Å². The monoisotopic (exact) mass is 387 g/mol. The van der Waals surface area contributed by atoms with Crippen molar-refractivity contribution in [1.82, 2.24) is 24.0 Å². The summed E-state index contributed by atoms with van der Waals surface area (Å²) in [6.07, 6.45) is 2.25. The van der Waals surface area contributed by atoms with E-state index in [1.165, 1.54) is 4.31 Å². The molecule has 3 aromatic rings. The predicted molar refractivity (Wildman–Crippen MR) is 98.5 cm³/mol. The van der Waals surface area contributed by atoms with Gasteiger partial charge in [0.1, 0.15) is 5.82 Å². The van der Waals surface area contributed by atoms with Crippen LogP contribution in [-0.4, -0.2) is 45.5 Å². The lowest BCUT2D eigenvalue weighted by Crippen LogP contribution is -2.29. The average molecular weight is 387 g/mol. The molecule has 1 aromatic carbocycles. The van der Waals surface area contributed by atoms with Crippen LogP contribution < -0.4 is 0 Å². The Labute approximate surface area is 157 Å². The Hall–Kier alpha value is -2.52. The number of aryl methyl sites for hydroxylation is 2. The topological polar surface area (TPSA) is 94.1 Å². The highest BCUT2D eigenvalue weighted by atomic mass is 32.2. The zero-order chi connectivity index (χ0) is 19.0. The van der Waals surface area contributed by atoms with Crippen molar-refractivity contribution in [1.29, 1.82) is 0 Å². The van der Waals surface area contributed by atoms with E-state index in [1.807, 2.05) is 41.8 Å². The fourth-order valence-corrected chi connectivity index (χ4v) is 4.81. The number of rotatable bonds is 5. The Balaban J connectivity index is 1.52. The van der Waals surface area contributed by atoms with Gasteiger partial charge in [-0.2, -0.15) is 9.29 Å². The summed E-state index contributed by atoms with van der Waals surface area (Å²) in [6.45, 7) is 5.19. The van der Waals surface area contributed by atoms with Gasteiger partial charge >= 0.3 is 0 Å². The first kappa shape index (κ1) is 17.9. The third-order valence-corrected chi connectivity index (χ3v) is 6.61. The molecule has 4 rings (SSSR count). The molecule has 1 atom stereocenters. The molecular formula is C18H21N5O3S. The van der Waals surface area contributed by atoms with Crippen LogP contribution in [0.15, 0.2) is 46.1 Å². The van der Waals surface area contributed by atoms with E-state index < -0.39 is 10.0 Å². The van der Waals surface area contributed by atoms with Crippen LogP contribution >= 0.6 is 0 Å². The summed E-state index contributed by atoms with van der Waals surface area (Å²) in [5.41, 5.74) is 0.847. The van der Waals surface area contributed by atoms with Crippen LogP contribution in [0.2, 0.25) is 0 Å². The van der Waals surface area contributed by atoms with Crippen molar-refractivity contribution < 1.29 is 12.9 Å². The van der Waals surface area contributed by atoms with Gasteiger partial charge < -0.3 is 9.09 Å². The minimum absolute atomic E-state index is 0.0876. The molecule has 0 unspecified atom stereocenters. The van der Waals surface area contributed by atoms with Gasteiger partial charge in [-0.25, -0.2) is 13.4 Å². The number of hydrogen-bond acceptors (Lipinski definition) is 6. The van der Waals surface area contributed by atoms with Gasteiger partial charge in [0.05, 0.1) is 0 Å². The largest absolute Gasteiger partial charge is 0.334 e. The van der Waals surface area contributed by atoms with Crippen LogP contribution in [-0.2, 0) is 16.6 Å². The molecule has 3 heterocycles. The molecule has 27 heavy (non-hydrogen) atoms. The lowest BCUT2D eigenvalue weighted by molar-refractivity contribution is 0.414. The normalized spacial score (nSPS) is 18.2. The minimum Gasteiger partial charge on any atom is -0.334 e. The molecule has 0 bridgehead atoms. The smallest absolute Gasteiger partial charge is 0.262 e. The second-order valence-corrected chi connectivity index (χ2v) is 8.47. The molecule has 0 saturated carbocycles. The van der Waals surface area contributed by atoms with Gasteiger partial charge in [-0.3, -0.25) is 0 Å². The highest BCUT2D eigenvalue weighted by Gasteiger charge is 2.36. The number of benzene rings is 1. The lowest BCUT2D eigenvalue weighted by atomic mass is 10.1. The van der Waals surface area contributed by atoms with Gasteiger partial charge in [-0.05, 0) is 32.4 Å². The molecule has 8 nitrogen and oxygen atoms in total. The predicted octanol–water partition coefficient (Wildman–Crippen LogP) is 2.44. The second kappa shape index (κ2) is 6.90. The van der Waals surface area contributed by atoms with E-state index in [0.29, 0.717) is 43.6 Å². The fraction of sp³-hybridized carbons (Fsp3) is 0.389.